The number of nitrogens with two attached hydrogens (primary N) is 1. The van der Waals surface area contributed by atoms with Gasteiger partial charge in [0, 0.05) is 17.1 Å². The Morgan fingerprint density at radius 1 is 1.47 bits per heavy atom. The van der Waals surface area contributed by atoms with Gasteiger partial charge in [-0.3, -0.25) is 0 Å². The van der Waals surface area contributed by atoms with Gasteiger partial charge in [-0.05, 0) is 6.07 Å². The summed E-state index contributed by atoms with van der Waals surface area (Å²) in [6.45, 7) is 1.74. The zero-order chi connectivity index (χ0) is 10.7. The van der Waals surface area contributed by atoms with Gasteiger partial charge in [-0.1, -0.05) is 29.8 Å². The van der Waals surface area contributed by atoms with Crippen LogP contribution in [0.2, 0.25) is 5.02 Å². The lowest BCUT2D eigenvalue weighted by Gasteiger charge is -2.30. The van der Waals surface area contributed by atoms with Crippen LogP contribution in [0.3, 0.4) is 0 Å². The first kappa shape index (κ1) is 10.9. The van der Waals surface area contributed by atoms with E-state index in [1.54, 1.807) is 0 Å². The van der Waals surface area contributed by atoms with Gasteiger partial charge in [0.05, 0.1) is 19.3 Å². The fraction of sp³-hybridized carbons (Fsp3) is 0.455. The molecule has 1 saturated heterocycles. The molecule has 0 aliphatic carbocycles. The first-order chi connectivity index (χ1) is 7.31. The SMILES string of the molecule is NCC(OC1COC1)c1ccccc1Cl. The summed E-state index contributed by atoms with van der Waals surface area (Å²) in [6, 6.07) is 7.62. The zero-order valence-electron chi connectivity index (χ0n) is 8.36. The number of hydrogen-bond acceptors (Lipinski definition) is 3. The highest BCUT2D eigenvalue weighted by Gasteiger charge is 2.24. The molecule has 1 aromatic carbocycles. The minimum atomic E-state index is -0.132. The van der Waals surface area contributed by atoms with Crippen molar-refractivity contribution in [2.75, 3.05) is 19.8 Å². The van der Waals surface area contributed by atoms with E-state index in [9.17, 15) is 0 Å². The van der Waals surface area contributed by atoms with Gasteiger partial charge in [-0.2, -0.15) is 0 Å². The van der Waals surface area contributed by atoms with Crippen LogP contribution in [-0.2, 0) is 9.47 Å². The van der Waals surface area contributed by atoms with Gasteiger partial charge in [-0.25, -0.2) is 0 Å². The van der Waals surface area contributed by atoms with Crippen LogP contribution in [0.4, 0.5) is 0 Å². The van der Waals surface area contributed by atoms with Gasteiger partial charge in [0.1, 0.15) is 6.10 Å². The Labute approximate surface area is 94.1 Å². The summed E-state index contributed by atoms with van der Waals surface area (Å²) in [4.78, 5) is 0. The van der Waals surface area contributed by atoms with Gasteiger partial charge < -0.3 is 15.2 Å². The monoisotopic (exact) mass is 227 g/mol. The molecular weight excluding hydrogens is 214 g/mol. The number of benzene rings is 1. The molecule has 0 bridgehead atoms. The number of rotatable bonds is 4. The van der Waals surface area contributed by atoms with Crippen molar-refractivity contribution in [3.8, 4) is 0 Å². The summed E-state index contributed by atoms with van der Waals surface area (Å²) in [6.07, 6.45) is 0.0300. The average molecular weight is 228 g/mol. The second kappa shape index (κ2) is 4.94. The molecular formula is C11H14ClNO2. The van der Waals surface area contributed by atoms with Crippen LogP contribution < -0.4 is 5.73 Å². The Balaban J connectivity index is 2.07. The smallest absolute Gasteiger partial charge is 0.105 e. The largest absolute Gasteiger partial charge is 0.376 e. The van der Waals surface area contributed by atoms with Crippen molar-refractivity contribution in [3.05, 3.63) is 34.9 Å². The Kier molecular flexibility index (Phi) is 3.59. The average Bonchev–Trinajstić information content (AvgIpc) is 2.19. The lowest BCUT2D eigenvalue weighted by Crippen LogP contribution is -2.38. The van der Waals surface area contributed by atoms with Crippen molar-refractivity contribution in [1.82, 2.24) is 0 Å². The zero-order valence-corrected chi connectivity index (χ0v) is 9.11. The molecule has 82 valence electrons. The van der Waals surface area contributed by atoms with Crippen LogP contribution in [-0.4, -0.2) is 25.9 Å². The maximum Gasteiger partial charge on any atom is 0.105 e. The molecule has 1 heterocycles. The molecule has 1 fully saturated rings. The minimum absolute atomic E-state index is 0.132. The third-order valence-corrected chi connectivity index (χ3v) is 2.77. The van der Waals surface area contributed by atoms with Crippen LogP contribution in [0.25, 0.3) is 0 Å². The van der Waals surface area contributed by atoms with Crippen LogP contribution in [0.1, 0.15) is 11.7 Å². The second-order valence-corrected chi connectivity index (χ2v) is 3.95. The van der Waals surface area contributed by atoms with Gasteiger partial charge in [0.25, 0.3) is 0 Å². The highest BCUT2D eigenvalue weighted by molar-refractivity contribution is 6.31. The van der Waals surface area contributed by atoms with Crippen LogP contribution in [0.15, 0.2) is 24.3 Å². The van der Waals surface area contributed by atoms with E-state index < -0.39 is 0 Å². The Hall–Kier alpha value is -0.610. The molecule has 1 aliphatic rings. The lowest BCUT2D eigenvalue weighted by molar-refractivity contribution is -0.153. The molecule has 1 aromatic rings. The summed E-state index contributed by atoms with van der Waals surface area (Å²) in [7, 11) is 0. The molecule has 2 N–H and O–H groups in total. The minimum Gasteiger partial charge on any atom is -0.376 e. The van der Waals surface area contributed by atoms with Gasteiger partial charge in [-0.15, -0.1) is 0 Å². The molecule has 3 nitrogen and oxygen atoms in total. The van der Waals surface area contributed by atoms with Crippen molar-refractivity contribution in [2.24, 2.45) is 5.73 Å². The molecule has 0 saturated carbocycles. The van der Waals surface area contributed by atoms with Crippen molar-refractivity contribution in [3.63, 3.8) is 0 Å². The fourth-order valence-corrected chi connectivity index (χ4v) is 1.77. The molecule has 4 heteroatoms. The van der Waals surface area contributed by atoms with Crippen molar-refractivity contribution >= 4 is 11.6 Å². The van der Waals surface area contributed by atoms with E-state index in [4.69, 9.17) is 26.8 Å². The lowest BCUT2D eigenvalue weighted by atomic mass is 10.1. The third kappa shape index (κ3) is 2.49. The second-order valence-electron chi connectivity index (χ2n) is 3.54. The first-order valence-electron chi connectivity index (χ1n) is 4.99. The molecule has 1 atom stereocenters. The van der Waals surface area contributed by atoms with Crippen LogP contribution >= 0.6 is 11.6 Å². The quantitative estimate of drug-likeness (QED) is 0.853. The van der Waals surface area contributed by atoms with E-state index in [0.717, 1.165) is 5.56 Å². The van der Waals surface area contributed by atoms with E-state index in [-0.39, 0.29) is 12.2 Å². The fourth-order valence-electron chi connectivity index (χ4n) is 1.52. The molecule has 2 rings (SSSR count). The molecule has 1 unspecified atom stereocenters. The van der Waals surface area contributed by atoms with Crippen molar-refractivity contribution in [1.29, 1.82) is 0 Å². The maximum absolute atomic E-state index is 6.08. The van der Waals surface area contributed by atoms with E-state index in [0.29, 0.717) is 24.8 Å². The standard InChI is InChI=1S/C11H14ClNO2/c12-10-4-2-1-3-9(10)11(5-13)15-8-6-14-7-8/h1-4,8,11H,5-7,13H2. The van der Waals surface area contributed by atoms with Crippen molar-refractivity contribution < 1.29 is 9.47 Å². The van der Waals surface area contributed by atoms with E-state index in [2.05, 4.69) is 0 Å². The predicted octanol–water partition coefficient (Wildman–Crippen LogP) is 1.76. The molecule has 0 radical (unpaired) electrons. The summed E-state index contributed by atoms with van der Waals surface area (Å²) in [5, 5.41) is 0.702. The topological polar surface area (TPSA) is 44.5 Å². The molecule has 0 spiro atoms. The third-order valence-electron chi connectivity index (χ3n) is 2.43. The summed E-state index contributed by atoms with van der Waals surface area (Å²) < 4.78 is 10.8. The van der Waals surface area contributed by atoms with E-state index in [1.165, 1.54) is 0 Å². The molecule has 0 amide bonds. The predicted molar refractivity (Wildman–Crippen MR) is 58.9 cm³/mol. The molecule has 15 heavy (non-hydrogen) atoms. The number of ether oxygens (including phenoxy) is 2. The normalized spacial score (nSPS) is 18.5. The number of halogens is 1. The Morgan fingerprint density at radius 2 is 2.20 bits per heavy atom. The van der Waals surface area contributed by atoms with Crippen molar-refractivity contribution in [2.45, 2.75) is 12.2 Å². The Morgan fingerprint density at radius 3 is 2.73 bits per heavy atom. The summed E-state index contributed by atoms with van der Waals surface area (Å²) >= 11 is 6.08. The summed E-state index contributed by atoms with van der Waals surface area (Å²) in [5.74, 6) is 0. The highest BCUT2D eigenvalue weighted by atomic mass is 35.5. The van der Waals surface area contributed by atoms with E-state index in [1.807, 2.05) is 24.3 Å². The van der Waals surface area contributed by atoms with E-state index >= 15 is 0 Å². The molecule has 1 aliphatic heterocycles. The maximum atomic E-state index is 6.08. The number of hydrogen-bond donors (Lipinski definition) is 1. The highest BCUT2D eigenvalue weighted by Crippen LogP contribution is 2.26. The van der Waals surface area contributed by atoms with Gasteiger partial charge in [0.15, 0.2) is 0 Å². The van der Waals surface area contributed by atoms with Crippen LogP contribution in [0.5, 0.6) is 0 Å². The summed E-state index contributed by atoms with van der Waals surface area (Å²) in [5.41, 5.74) is 6.63. The Bertz CT molecular complexity index is 328. The first-order valence-corrected chi connectivity index (χ1v) is 5.36. The van der Waals surface area contributed by atoms with Crippen LogP contribution in [0, 0.1) is 0 Å². The van der Waals surface area contributed by atoms with Gasteiger partial charge >= 0.3 is 0 Å². The molecule has 0 aromatic heterocycles. The van der Waals surface area contributed by atoms with Gasteiger partial charge in [0.2, 0.25) is 0 Å².